The van der Waals surface area contributed by atoms with E-state index in [0.29, 0.717) is 6.54 Å². The van der Waals surface area contributed by atoms with E-state index in [0.717, 1.165) is 13.0 Å². The first-order valence-corrected chi connectivity index (χ1v) is 11.5. The Hall–Kier alpha value is -0.690. The molecule has 4 atom stereocenters. The van der Waals surface area contributed by atoms with Crippen LogP contribution in [0.2, 0.25) is 0 Å². The predicted molar refractivity (Wildman–Crippen MR) is 116 cm³/mol. The minimum atomic E-state index is -1.08. The molecular weight excluding hydrogens is 356 g/mol. The smallest absolute Gasteiger partial charge is 0.323 e. The van der Waals surface area contributed by atoms with Crippen molar-refractivity contribution in [3.63, 3.8) is 0 Å². The second kappa shape index (κ2) is 18.3. The van der Waals surface area contributed by atoms with Crippen LogP contribution < -0.4 is 10.6 Å². The van der Waals surface area contributed by atoms with Crippen molar-refractivity contribution in [2.75, 3.05) is 13.1 Å². The molecule has 0 heterocycles. The number of rotatable bonds is 20. The van der Waals surface area contributed by atoms with Crippen molar-refractivity contribution in [1.82, 2.24) is 10.6 Å². The lowest BCUT2D eigenvalue weighted by Crippen LogP contribution is -2.53. The molecule has 4 unspecified atom stereocenters. The van der Waals surface area contributed by atoms with Crippen LogP contribution in [0, 0.1) is 0 Å². The summed E-state index contributed by atoms with van der Waals surface area (Å²) < 4.78 is 0. The molecule has 0 aliphatic carbocycles. The molecule has 0 saturated heterocycles. The molecule has 0 aliphatic heterocycles. The Balaban J connectivity index is 3.68. The zero-order valence-corrected chi connectivity index (χ0v) is 18.5. The van der Waals surface area contributed by atoms with Crippen LogP contribution in [-0.4, -0.2) is 58.7 Å². The van der Waals surface area contributed by atoms with Gasteiger partial charge in [-0.15, -0.1) is 0 Å². The molecule has 0 aliphatic rings. The Morgan fingerprint density at radius 2 is 1.21 bits per heavy atom. The topological polar surface area (TPSA) is 102 Å². The first-order valence-electron chi connectivity index (χ1n) is 11.5. The van der Waals surface area contributed by atoms with Crippen molar-refractivity contribution in [3.05, 3.63) is 0 Å². The molecule has 0 radical (unpaired) electrons. The van der Waals surface area contributed by atoms with Crippen molar-refractivity contribution >= 4 is 5.97 Å². The molecule has 0 aromatic heterocycles. The molecule has 5 N–H and O–H groups in total. The fourth-order valence-electron chi connectivity index (χ4n) is 3.38. The van der Waals surface area contributed by atoms with Gasteiger partial charge in [0.2, 0.25) is 0 Å². The highest BCUT2D eigenvalue weighted by Gasteiger charge is 2.24. The SMILES string of the molecule is CCCCCCCCCCCCCCNC(CNC(C(=O)O)C(C)O)C(C)O. The van der Waals surface area contributed by atoms with Crippen LogP contribution in [-0.2, 0) is 4.79 Å². The third-order valence-electron chi connectivity index (χ3n) is 5.33. The minimum Gasteiger partial charge on any atom is -0.480 e. The number of aliphatic hydroxyl groups is 2. The van der Waals surface area contributed by atoms with E-state index in [2.05, 4.69) is 17.6 Å². The maximum absolute atomic E-state index is 11.1. The van der Waals surface area contributed by atoms with Gasteiger partial charge in [-0.05, 0) is 26.8 Å². The Morgan fingerprint density at radius 3 is 1.61 bits per heavy atom. The summed E-state index contributed by atoms with van der Waals surface area (Å²) in [5.41, 5.74) is 0. The number of aliphatic hydroxyl groups excluding tert-OH is 2. The lowest BCUT2D eigenvalue weighted by atomic mass is 10.1. The Kier molecular flexibility index (Phi) is 17.9. The fourth-order valence-corrected chi connectivity index (χ4v) is 3.38. The molecule has 6 nitrogen and oxygen atoms in total. The van der Waals surface area contributed by atoms with Gasteiger partial charge in [-0.3, -0.25) is 4.79 Å². The van der Waals surface area contributed by atoms with Gasteiger partial charge in [-0.1, -0.05) is 77.6 Å². The fraction of sp³-hybridized carbons (Fsp3) is 0.955. The van der Waals surface area contributed by atoms with Gasteiger partial charge in [0, 0.05) is 12.6 Å². The summed E-state index contributed by atoms with van der Waals surface area (Å²) >= 11 is 0. The summed E-state index contributed by atoms with van der Waals surface area (Å²) in [7, 11) is 0. The first kappa shape index (κ1) is 27.3. The number of carboxylic acids is 1. The van der Waals surface area contributed by atoms with Crippen molar-refractivity contribution in [1.29, 1.82) is 0 Å². The van der Waals surface area contributed by atoms with Crippen LogP contribution in [0.3, 0.4) is 0 Å². The molecule has 0 aromatic carbocycles. The second-order valence-electron chi connectivity index (χ2n) is 8.16. The quantitative estimate of drug-likeness (QED) is 0.200. The van der Waals surface area contributed by atoms with Crippen molar-refractivity contribution in [2.24, 2.45) is 0 Å². The molecule has 168 valence electrons. The first-order chi connectivity index (χ1) is 13.4. The van der Waals surface area contributed by atoms with E-state index in [4.69, 9.17) is 5.11 Å². The monoisotopic (exact) mass is 402 g/mol. The van der Waals surface area contributed by atoms with Crippen LogP contribution in [0.1, 0.15) is 97.8 Å². The largest absolute Gasteiger partial charge is 0.480 e. The van der Waals surface area contributed by atoms with Crippen LogP contribution in [0.25, 0.3) is 0 Å². The highest BCUT2D eigenvalue weighted by atomic mass is 16.4. The molecule has 0 bridgehead atoms. The lowest BCUT2D eigenvalue weighted by Gasteiger charge is -2.25. The van der Waals surface area contributed by atoms with E-state index < -0.39 is 24.2 Å². The zero-order chi connectivity index (χ0) is 21.2. The number of nitrogens with one attached hydrogen (secondary N) is 2. The normalized spacial score (nSPS) is 15.9. The highest BCUT2D eigenvalue weighted by molar-refractivity contribution is 5.74. The average molecular weight is 403 g/mol. The van der Waals surface area contributed by atoms with Crippen LogP contribution in [0.5, 0.6) is 0 Å². The maximum atomic E-state index is 11.1. The van der Waals surface area contributed by atoms with Crippen LogP contribution in [0.4, 0.5) is 0 Å². The van der Waals surface area contributed by atoms with Gasteiger partial charge in [0.15, 0.2) is 0 Å². The molecule has 0 rings (SSSR count). The molecule has 0 spiro atoms. The molecular formula is C22H46N2O4. The van der Waals surface area contributed by atoms with E-state index in [1.807, 2.05) is 0 Å². The average Bonchev–Trinajstić information content (AvgIpc) is 2.63. The van der Waals surface area contributed by atoms with Gasteiger partial charge in [0.1, 0.15) is 6.04 Å². The molecule has 28 heavy (non-hydrogen) atoms. The molecule has 6 heteroatoms. The Bertz CT molecular complexity index is 364. The van der Waals surface area contributed by atoms with Gasteiger partial charge >= 0.3 is 5.97 Å². The Labute approximate surface area is 172 Å². The molecule has 0 saturated carbocycles. The van der Waals surface area contributed by atoms with Gasteiger partial charge in [0.05, 0.1) is 12.2 Å². The predicted octanol–water partition coefficient (Wildman–Crippen LogP) is 3.45. The van der Waals surface area contributed by atoms with E-state index in [-0.39, 0.29) is 6.04 Å². The molecule has 0 aromatic rings. The summed E-state index contributed by atoms with van der Waals surface area (Å²) in [5, 5.41) is 34.6. The molecule has 0 amide bonds. The van der Waals surface area contributed by atoms with Gasteiger partial charge in [0.25, 0.3) is 0 Å². The van der Waals surface area contributed by atoms with E-state index in [1.165, 1.54) is 77.6 Å². The highest BCUT2D eigenvalue weighted by Crippen LogP contribution is 2.11. The number of carboxylic acid groups (broad SMARTS) is 1. The number of unbranched alkanes of at least 4 members (excludes halogenated alkanes) is 11. The number of hydrogen-bond acceptors (Lipinski definition) is 5. The van der Waals surface area contributed by atoms with Crippen molar-refractivity contribution in [3.8, 4) is 0 Å². The van der Waals surface area contributed by atoms with Crippen LogP contribution >= 0.6 is 0 Å². The van der Waals surface area contributed by atoms with Crippen LogP contribution in [0.15, 0.2) is 0 Å². The maximum Gasteiger partial charge on any atom is 0.323 e. The van der Waals surface area contributed by atoms with Gasteiger partial charge in [-0.25, -0.2) is 0 Å². The number of aliphatic carboxylic acids is 1. The summed E-state index contributed by atoms with van der Waals surface area (Å²) in [5.74, 6) is -1.08. The Morgan fingerprint density at radius 1 is 0.750 bits per heavy atom. The third-order valence-corrected chi connectivity index (χ3v) is 5.33. The van der Waals surface area contributed by atoms with Crippen molar-refractivity contribution < 1.29 is 20.1 Å². The number of carbonyl (C=O) groups is 1. The summed E-state index contributed by atoms with van der Waals surface area (Å²) in [6.07, 6.45) is 14.1. The number of hydrogen-bond donors (Lipinski definition) is 5. The summed E-state index contributed by atoms with van der Waals surface area (Å²) in [6.45, 7) is 6.51. The van der Waals surface area contributed by atoms with Crippen molar-refractivity contribution in [2.45, 2.75) is 122 Å². The van der Waals surface area contributed by atoms with E-state index in [9.17, 15) is 15.0 Å². The minimum absolute atomic E-state index is 0.228. The second-order valence-corrected chi connectivity index (χ2v) is 8.16. The summed E-state index contributed by atoms with van der Waals surface area (Å²) in [4.78, 5) is 11.1. The third kappa shape index (κ3) is 15.3. The van der Waals surface area contributed by atoms with Gasteiger partial charge < -0.3 is 26.0 Å². The van der Waals surface area contributed by atoms with Gasteiger partial charge in [-0.2, -0.15) is 0 Å². The zero-order valence-electron chi connectivity index (χ0n) is 18.5. The standard InChI is InChI=1S/C22H46N2O4/c1-4-5-6-7-8-9-10-11-12-13-14-15-16-23-20(18(2)25)17-24-21(19(3)26)22(27)28/h18-21,23-26H,4-17H2,1-3H3,(H,27,28). The summed E-state index contributed by atoms with van der Waals surface area (Å²) in [6, 6.07) is -1.25. The van der Waals surface area contributed by atoms with E-state index >= 15 is 0 Å². The molecule has 0 fully saturated rings. The van der Waals surface area contributed by atoms with E-state index in [1.54, 1.807) is 6.92 Å². The lowest BCUT2D eigenvalue weighted by molar-refractivity contribution is -0.142.